The monoisotopic (exact) mass is 329 g/mol. The van der Waals surface area contributed by atoms with Gasteiger partial charge in [-0.25, -0.2) is 4.98 Å². The summed E-state index contributed by atoms with van der Waals surface area (Å²) in [6.07, 6.45) is 0. The average molecular weight is 329 g/mol. The molecule has 4 aromatic rings. The highest BCUT2D eigenvalue weighted by molar-refractivity contribution is 6.12. The summed E-state index contributed by atoms with van der Waals surface area (Å²) in [5, 5.41) is 4.62. The first-order chi connectivity index (χ1) is 12.1. The molecule has 0 unspecified atom stereocenters. The number of anilines is 1. The molecule has 0 radical (unpaired) electrons. The van der Waals surface area contributed by atoms with Crippen molar-refractivity contribution in [1.29, 1.82) is 0 Å². The largest absolute Gasteiger partial charge is 0.324 e. The number of benzene rings is 3. The van der Waals surface area contributed by atoms with Crippen LogP contribution in [0.5, 0.6) is 0 Å². The number of rotatable bonds is 2. The van der Waals surface area contributed by atoms with Crippen molar-refractivity contribution in [3.63, 3.8) is 0 Å². The highest BCUT2D eigenvalue weighted by Crippen LogP contribution is 2.30. The van der Waals surface area contributed by atoms with E-state index in [2.05, 4.69) is 15.3 Å². The number of fused-ring (bicyclic) bond motifs is 3. The van der Waals surface area contributed by atoms with E-state index in [1.54, 1.807) is 0 Å². The van der Waals surface area contributed by atoms with Crippen molar-refractivity contribution in [1.82, 2.24) is 9.97 Å². The number of carbonyl (C=O) groups excluding carboxylic acids is 1. The zero-order valence-corrected chi connectivity index (χ0v) is 13.5. The van der Waals surface area contributed by atoms with Crippen molar-refractivity contribution < 1.29 is 4.79 Å². The Morgan fingerprint density at radius 2 is 1.76 bits per heavy atom. The van der Waals surface area contributed by atoms with Gasteiger partial charge in [0, 0.05) is 17.9 Å². The Labute approximate surface area is 143 Å². The number of hydrogen-bond acceptors (Lipinski definition) is 3. The summed E-state index contributed by atoms with van der Waals surface area (Å²) in [4.78, 5) is 31.7. The lowest BCUT2D eigenvalue weighted by Crippen LogP contribution is -2.14. The molecule has 5 heteroatoms. The molecule has 0 bridgehead atoms. The molecule has 0 aliphatic rings. The predicted molar refractivity (Wildman–Crippen MR) is 99.6 cm³/mol. The van der Waals surface area contributed by atoms with Gasteiger partial charge in [-0.1, -0.05) is 54.6 Å². The quantitative estimate of drug-likeness (QED) is 0.551. The van der Waals surface area contributed by atoms with Gasteiger partial charge in [0.2, 0.25) is 5.91 Å². The Kier molecular flexibility index (Phi) is 3.54. The predicted octanol–water partition coefficient (Wildman–Crippen LogP) is 3.70. The van der Waals surface area contributed by atoms with Gasteiger partial charge in [-0.05, 0) is 11.5 Å². The summed E-state index contributed by atoms with van der Waals surface area (Å²) < 4.78 is 0. The van der Waals surface area contributed by atoms with Crippen LogP contribution in [0.4, 0.5) is 5.69 Å². The molecule has 0 saturated heterocycles. The lowest BCUT2D eigenvalue weighted by molar-refractivity contribution is -0.114. The van der Waals surface area contributed by atoms with Crippen molar-refractivity contribution in [3.05, 3.63) is 71.0 Å². The van der Waals surface area contributed by atoms with Crippen LogP contribution in [0.25, 0.3) is 33.1 Å². The second-order valence-corrected chi connectivity index (χ2v) is 5.83. The van der Waals surface area contributed by atoms with Gasteiger partial charge in [-0.15, -0.1) is 0 Å². The van der Waals surface area contributed by atoms with E-state index in [1.807, 2.05) is 60.7 Å². The third-order valence-electron chi connectivity index (χ3n) is 4.06. The second-order valence-electron chi connectivity index (χ2n) is 5.83. The normalized spacial score (nSPS) is 10.9. The minimum Gasteiger partial charge on any atom is -0.324 e. The fraction of sp³-hybridized carbons (Fsp3) is 0.0500. The summed E-state index contributed by atoms with van der Waals surface area (Å²) in [5.74, 6) is -0.189. The molecule has 0 atom stereocenters. The highest BCUT2D eigenvalue weighted by Gasteiger charge is 2.14. The van der Waals surface area contributed by atoms with E-state index in [9.17, 15) is 9.59 Å². The SMILES string of the molecule is CC(=O)Nc1cc2ccccc2c2[nH]c(=O)c(-c3ccccc3)nc12. The fourth-order valence-corrected chi connectivity index (χ4v) is 2.99. The van der Waals surface area contributed by atoms with Gasteiger partial charge < -0.3 is 10.3 Å². The molecule has 122 valence electrons. The maximum Gasteiger partial charge on any atom is 0.274 e. The van der Waals surface area contributed by atoms with Gasteiger partial charge in [-0.3, -0.25) is 9.59 Å². The molecule has 0 saturated carbocycles. The zero-order chi connectivity index (χ0) is 17.4. The van der Waals surface area contributed by atoms with Gasteiger partial charge in [0.05, 0.1) is 11.2 Å². The van der Waals surface area contributed by atoms with Crippen LogP contribution in [-0.2, 0) is 4.79 Å². The van der Waals surface area contributed by atoms with Crippen LogP contribution in [0.3, 0.4) is 0 Å². The summed E-state index contributed by atoms with van der Waals surface area (Å²) in [7, 11) is 0. The number of aromatic amines is 1. The minimum atomic E-state index is -0.260. The van der Waals surface area contributed by atoms with Crippen molar-refractivity contribution in [2.75, 3.05) is 5.32 Å². The second kappa shape index (κ2) is 5.87. The molecule has 1 amide bonds. The molecular weight excluding hydrogens is 314 g/mol. The maximum atomic E-state index is 12.6. The lowest BCUT2D eigenvalue weighted by Gasteiger charge is -2.11. The molecule has 4 rings (SSSR count). The first kappa shape index (κ1) is 15.1. The number of carbonyl (C=O) groups is 1. The van der Waals surface area contributed by atoms with Crippen molar-refractivity contribution in [2.45, 2.75) is 6.92 Å². The van der Waals surface area contributed by atoms with Gasteiger partial charge in [-0.2, -0.15) is 0 Å². The number of nitrogens with one attached hydrogen (secondary N) is 2. The minimum absolute atomic E-state index is 0.189. The van der Waals surface area contributed by atoms with E-state index in [0.29, 0.717) is 22.4 Å². The Balaban J connectivity index is 2.10. The van der Waals surface area contributed by atoms with Crippen LogP contribution < -0.4 is 10.9 Å². The van der Waals surface area contributed by atoms with Gasteiger partial charge in [0.1, 0.15) is 11.2 Å². The van der Waals surface area contributed by atoms with Crippen molar-refractivity contribution >= 4 is 33.4 Å². The Morgan fingerprint density at radius 3 is 2.52 bits per heavy atom. The Hall–Kier alpha value is -3.47. The Bertz CT molecular complexity index is 1160. The molecule has 0 fully saturated rings. The number of aromatic nitrogens is 2. The third kappa shape index (κ3) is 2.65. The number of amides is 1. The fourth-order valence-electron chi connectivity index (χ4n) is 2.99. The molecular formula is C20H15N3O2. The first-order valence-corrected chi connectivity index (χ1v) is 7.92. The summed E-state index contributed by atoms with van der Waals surface area (Å²) >= 11 is 0. The van der Waals surface area contributed by atoms with Crippen molar-refractivity contribution in [3.8, 4) is 11.3 Å². The van der Waals surface area contributed by atoms with Gasteiger partial charge >= 0.3 is 0 Å². The van der Waals surface area contributed by atoms with E-state index in [4.69, 9.17) is 0 Å². The Morgan fingerprint density at radius 1 is 1.04 bits per heavy atom. The molecule has 3 aromatic carbocycles. The number of H-pyrrole nitrogens is 1. The van der Waals surface area contributed by atoms with Crippen LogP contribution >= 0.6 is 0 Å². The van der Waals surface area contributed by atoms with Crippen LogP contribution in [-0.4, -0.2) is 15.9 Å². The van der Waals surface area contributed by atoms with E-state index in [1.165, 1.54) is 6.92 Å². The maximum absolute atomic E-state index is 12.6. The topological polar surface area (TPSA) is 74.8 Å². The molecule has 0 aliphatic carbocycles. The van der Waals surface area contributed by atoms with Crippen LogP contribution in [0, 0.1) is 0 Å². The zero-order valence-electron chi connectivity index (χ0n) is 13.5. The van der Waals surface area contributed by atoms with Crippen LogP contribution in [0.2, 0.25) is 0 Å². The third-order valence-corrected chi connectivity index (χ3v) is 4.06. The molecule has 5 nitrogen and oxygen atoms in total. The smallest absolute Gasteiger partial charge is 0.274 e. The molecule has 1 aromatic heterocycles. The van der Waals surface area contributed by atoms with Gasteiger partial charge in [0.25, 0.3) is 5.56 Å². The summed E-state index contributed by atoms with van der Waals surface area (Å²) in [5.41, 5.74) is 2.56. The molecule has 0 aliphatic heterocycles. The van der Waals surface area contributed by atoms with Crippen LogP contribution in [0.1, 0.15) is 6.92 Å². The van der Waals surface area contributed by atoms with E-state index in [0.717, 1.165) is 16.3 Å². The van der Waals surface area contributed by atoms with E-state index in [-0.39, 0.29) is 11.5 Å². The standard InChI is InChI=1S/C20H15N3O2/c1-12(24)21-16-11-14-9-5-6-10-15(14)18-19(16)22-17(20(25)23-18)13-7-3-2-4-8-13/h2-11H,1H3,(H,21,24)(H,23,25). The van der Waals surface area contributed by atoms with Gasteiger partial charge in [0.15, 0.2) is 0 Å². The lowest BCUT2D eigenvalue weighted by atomic mass is 10.1. The van der Waals surface area contributed by atoms with Crippen LogP contribution in [0.15, 0.2) is 65.5 Å². The summed E-state index contributed by atoms with van der Waals surface area (Å²) in [6.45, 7) is 1.45. The molecule has 1 heterocycles. The molecule has 0 spiro atoms. The van der Waals surface area contributed by atoms with E-state index >= 15 is 0 Å². The first-order valence-electron chi connectivity index (χ1n) is 7.92. The highest BCUT2D eigenvalue weighted by atomic mass is 16.1. The van der Waals surface area contributed by atoms with E-state index < -0.39 is 0 Å². The van der Waals surface area contributed by atoms with Crippen molar-refractivity contribution in [2.24, 2.45) is 0 Å². The number of nitrogens with zero attached hydrogens (tertiary/aromatic N) is 1. The molecule has 2 N–H and O–H groups in total. The summed E-state index contributed by atoms with van der Waals surface area (Å²) in [6, 6.07) is 18.8. The molecule has 25 heavy (non-hydrogen) atoms. The average Bonchev–Trinajstić information content (AvgIpc) is 2.61. The number of hydrogen-bond donors (Lipinski definition) is 2.